The summed E-state index contributed by atoms with van der Waals surface area (Å²) >= 11 is 0. The third kappa shape index (κ3) is 7.78. The molecule has 216 valence electrons. The average molecular weight is 565 g/mol. The van der Waals surface area contributed by atoms with Crippen LogP contribution >= 0.6 is 0 Å². The molecule has 2 aromatic carbocycles. The Morgan fingerprint density at radius 3 is 2.52 bits per heavy atom. The highest BCUT2D eigenvalue weighted by Crippen LogP contribution is 2.33. The van der Waals surface area contributed by atoms with Gasteiger partial charge in [-0.3, -0.25) is 19.8 Å². The maximum Gasteiger partial charge on any atom is 0.416 e. The molecule has 2 aliphatic rings. The van der Waals surface area contributed by atoms with E-state index < -0.39 is 47.4 Å². The van der Waals surface area contributed by atoms with Crippen molar-refractivity contribution in [1.29, 1.82) is 0 Å². The van der Waals surface area contributed by atoms with Crippen molar-refractivity contribution in [2.75, 3.05) is 31.7 Å². The highest BCUT2D eigenvalue weighted by molar-refractivity contribution is 6.04. The first-order valence-corrected chi connectivity index (χ1v) is 12.7. The molecule has 0 saturated carbocycles. The van der Waals surface area contributed by atoms with Gasteiger partial charge in [-0.1, -0.05) is 6.07 Å². The normalized spacial score (nSPS) is 16.9. The van der Waals surface area contributed by atoms with E-state index in [0.717, 1.165) is 24.2 Å². The first kappa shape index (κ1) is 29.0. The highest BCUT2D eigenvalue weighted by atomic mass is 19.4. The molecule has 2 aliphatic heterocycles. The fourth-order valence-electron chi connectivity index (χ4n) is 4.36. The van der Waals surface area contributed by atoms with Crippen LogP contribution in [0, 0.1) is 0 Å². The van der Waals surface area contributed by atoms with Crippen LogP contribution in [0.4, 0.5) is 23.7 Å². The van der Waals surface area contributed by atoms with E-state index in [1.165, 1.54) is 0 Å². The summed E-state index contributed by atoms with van der Waals surface area (Å²) in [6.45, 7) is 6.58. The Bertz CT molecular complexity index is 1280. The second kappa shape index (κ2) is 11.6. The fourth-order valence-corrected chi connectivity index (χ4v) is 4.36. The van der Waals surface area contributed by atoms with E-state index in [9.17, 15) is 27.6 Å². The number of carbonyl (C=O) groups excluding carboxylic acids is 3. The number of hydrogen-bond acceptors (Lipinski definition) is 7. The van der Waals surface area contributed by atoms with E-state index >= 15 is 0 Å². The topological polar surface area (TPSA) is 118 Å². The number of nitrogens with zero attached hydrogens (tertiary/aromatic N) is 1. The van der Waals surface area contributed by atoms with Crippen molar-refractivity contribution in [3.05, 3.63) is 53.1 Å². The summed E-state index contributed by atoms with van der Waals surface area (Å²) in [5, 5.41) is 7.48. The lowest BCUT2D eigenvalue weighted by Crippen LogP contribution is -2.43. The van der Waals surface area contributed by atoms with Crippen molar-refractivity contribution in [2.45, 2.75) is 51.6 Å². The van der Waals surface area contributed by atoms with Crippen LogP contribution in [0.25, 0.3) is 0 Å². The summed E-state index contributed by atoms with van der Waals surface area (Å²) < 4.78 is 55.7. The second-order valence-electron chi connectivity index (χ2n) is 10.5. The fraction of sp³-hybridized carbons (Fsp3) is 0.444. The van der Waals surface area contributed by atoms with Gasteiger partial charge in [0.2, 0.25) is 12.7 Å². The van der Waals surface area contributed by atoms with Crippen LogP contribution in [0.5, 0.6) is 11.5 Å². The Labute approximate surface area is 229 Å². The van der Waals surface area contributed by atoms with Gasteiger partial charge in [-0.15, -0.1) is 0 Å². The van der Waals surface area contributed by atoms with Crippen LogP contribution in [0.15, 0.2) is 36.4 Å². The first-order valence-electron chi connectivity index (χ1n) is 12.7. The summed E-state index contributed by atoms with van der Waals surface area (Å²) in [5.74, 6) is -0.0437. The number of amides is 3. The van der Waals surface area contributed by atoms with E-state index in [0.29, 0.717) is 37.1 Å². The largest absolute Gasteiger partial charge is 0.454 e. The average Bonchev–Trinajstić information content (AvgIpc) is 3.49. The molecule has 2 aromatic rings. The summed E-state index contributed by atoms with van der Waals surface area (Å²) in [7, 11) is 0. The van der Waals surface area contributed by atoms with E-state index in [1.807, 2.05) is 18.2 Å². The molecule has 3 N–H and O–H groups in total. The smallest absolute Gasteiger partial charge is 0.416 e. The molecule has 0 aliphatic carbocycles. The monoisotopic (exact) mass is 564 g/mol. The molecule has 1 saturated heterocycles. The molecule has 0 bridgehead atoms. The number of halogens is 3. The molecule has 3 amide bonds. The maximum atomic E-state index is 13.3. The van der Waals surface area contributed by atoms with Crippen molar-refractivity contribution in [2.24, 2.45) is 0 Å². The lowest BCUT2D eigenvalue weighted by atomic mass is 10.1. The van der Waals surface area contributed by atoms with Crippen LogP contribution in [-0.4, -0.2) is 60.9 Å². The molecule has 0 unspecified atom stereocenters. The Hall–Kier alpha value is -4.00. The van der Waals surface area contributed by atoms with E-state index in [1.54, 1.807) is 20.8 Å². The SMILES string of the molecule is CC(C)(C)OC(=O)Nc1ccc(C(F)(F)F)cc1C(=O)NCC(=O)N[C@@H]1CCN(Cc2ccc3c(c2)OCO3)C1. The zero-order valence-corrected chi connectivity index (χ0v) is 22.3. The van der Waals surface area contributed by atoms with Gasteiger partial charge in [-0.05, 0) is 63.1 Å². The summed E-state index contributed by atoms with van der Waals surface area (Å²) in [5.41, 5.74) is -1.54. The molecular formula is C27H31F3N4O6. The maximum absolute atomic E-state index is 13.3. The van der Waals surface area contributed by atoms with E-state index in [-0.39, 0.29) is 18.5 Å². The van der Waals surface area contributed by atoms with Gasteiger partial charge in [0.25, 0.3) is 5.91 Å². The molecule has 1 atom stereocenters. The molecular weight excluding hydrogens is 533 g/mol. The summed E-state index contributed by atoms with van der Waals surface area (Å²) in [6, 6.07) is 7.90. The molecule has 13 heteroatoms. The number of fused-ring (bicyclic) bond motifs is 1. The van der Waals surface area contributed by atoms with Crippen LogP contribution in [0.1, 0.15) is 48.7 Å². The number of carbonyl (C=O) groups is 3. The molecule has 0 aromatic heterocycles. The molecule has 0 spiro atoms. The zero-order valence-electron chi connectivity index (χ0n) is 22.3. The van der Waals surface area contributed by atoms with Crippen molar-refractivity contribution in [3.8, 4) is 11.5 Å². The van der Waals surface area contributed by atoms with E-state index in [2.05, 4.69) is 20.9 Å². The van der Waals surface area contributed by atoms with Crippen LogP contribution in [-0.2, 0) is 22.3 Å². The van der Waals surface area contributed by atoms with Crippen LogP contribution < -0.4 is 25.4 Å². The minimum absolute atomic E-state index is 0.156. The third-order valence-electron chi connectivity index (χ3n) is 6.12. The molecule has 2 heterocycles. The van der Waals surface area contributed by atoms with Gasteiger partial charge < -0.3 is 24.8 Å². The van der Waals surface area contributed by atoms with Crippen molar-refractivity contribution in [1.82, 2.24) is 15.5 Å². The molecule has 10 nitrogen and oxygen atoms in total. The number of hydrogen-bond donors (Lipinski definition) is 3. The molecule has 0 radical (unpaired) electrons. The Kier molecular flexibility index (Phi) is 8.43. The lowest BCUT2D eigenvalue weighted by Gasteiger charge is -2.21. The minimum atomic E-state index is -4.72. The summed E-state index contributed by atoms with van der Waals surface area (Å²) in [4.78, 5) is 39.7. The Balaban J connectivity index is 1.31. The minimum Gasteiger partial charge on any atom is -0.454 e. The van der Waals surface area contributed by atoms with Gasteiger partial charge in [0, 0.05) is 25.7 Å². The van der Waals surface area contributed by atoms with Gasteiger partial charge in [0.15, 0.2) is 11.5 Å². The van der Waals surface area contributed by atoms with Crippen molar-refractivity contribution < 1.29 is 41.8 Å². The second-order valence-corrected chi connectivity index (χ2v) is 10.5. The number of ether oxygens (including phenoxy) is 3. The number of anilines is 1. The quantitative estimate of drug-likeness (QED) is 0.467. The predicted octanol–water partition coefficient (Wildman–Crippen LogP) is 3.90. The number of alkyl halides is 3. The van der Waals surface area contributed by atoms with E-state index in [4.69, 9.17) is 14.2 Å². The van der Waals surface area contributed by atoms with Crippen molar-refractivity contribution in [3.63, 3.8) is 0 Å². The lowest BCUT2D eigenvalue weighted by molar-refractivity contribution is -0.137. The standard InChI is InChI=1S/C27H31F3N4O6/c1-26(2,3)40-25(37)33-20-6-5-17(27(28,29)30)11-19(20)24(36)31-12-23(35)32-18-8-9-34(14-18)13-16-4-7-21-22(10-16)39-15-38-21/h4-7,10-11,18H,8-9,12-15H2,1-3H3,(H,31,36)(H,32,35)(H,33,37)/t18-/m1/s1. The number of likely N-dealkylation sites (tertiary alicyclic amines) is 1. The highest BCUT2D eigenvalue weighted by Gasteiger charge is 2.32. The molecule has 1 fully saturated rings. The molecule has 40 heavy (non-hydrogen) atoms. The van der Waals surface area contributed by atoms with Crippen LogP contribution in [0.2, 0.25) is 0 Å². The zero-order chi connectivity index (χ0) is 29.1. The van der Waals surface area contributed by atoms with Gasteiger partial charge >= 0.3 is 12.3 Å². The Morgan fingerprint density at radius 1 is 1.05 bits per heavy atom. The van der Waals surface area contributed by atoms with Crippen molar-refractivity contribution >= 4 is 23.6 Å². The molecule has 4 rings (SSSR count). The van der Waals surface area contributed by atoms with Crippen LogP contribution in [0.3, 0.4) is 0 Å². The Morgan fingerprint density at radius 2 is 1.80 bits per heavy atom. The van der Waals surface area contributed by atoms with Gasteiger partial charge in [0.05, 0.1) is 23.4 Å². The predicted molar refractivity (Wildman–Crippen MR) is 138 cm³/mol. The number of nitrogens with one attached hydrogen (secondary N) is 3. The number of rotatable bonds is 7. The van der Waals surface area contributed by atoms with Gasteiger partial charge in [-0.25, -0.2) is 4.79 Å². The van der Waals surface area contributed by atoms with Gasteiger partial charge in [-0.2, -0.15) is 13.2 Å². The third-order valence-corrected chi connectivity index (χ3v) is 6.12. The number of benzene rings is 2. The first-order chi connectivity index (χ1) is 18.8. The van der Waals surface area contributed by atoms with Gasteiger partial charge in [0.1, 0.15) is 5.60 Å². The summed E-state index contributed by atoms with van der Waals surface area (Å²) in [6.07, 6.45) is -4.96.